The summed E-state index contributed by atoms with van der Waals surface area (Å²) in [5.74, 6) is -0.701. The number of aliphatic carboxylic acids is 1. The van der Waals surface area contributed by atoms with Gasteiger partial charge >= 0.3 is 5.97 Å². The number of rotatable bonds is 3. The van der Waals surface area contributed by atoms with E-state index >= 15 is 0 Å². The minimum atomic E-state index is -0.701. The molecule has 0 amide bonds. The van der Waals surface area contributed by atoms with Crippen molar-refractivity contribution < 1.29 is 9.90 Å². The first kappa shape index (κ1) is 11.5. The van der Waals surface area contributed by atoms with Gasteiger partial charge in [-0.05, 0) is 25.2 Å². The van der Waals surface area contributed by atoms with Gasteiger partial charge in [-0.1, -0.05) is 18.9 Å². The predicted octanol–water partition coefficient (Wildman–Crippen LogP) is 2.70. The molecule has 4 heteroatoms. The second-order valence-corrected chi connectivity index (χ2v) is 4.95. The van der Waals surface area contributed by atoms with Crippen molar-refractivity contribution in [2.75, 3.05) is 6.26 Å². The Balaban J connectivity index is 2.51. The Morgan fingerprint density at radius 1 is 1.50 bits per heavy atom. The van der Waals surface area contributed by atoms with Crippen molar-refractivity contribution in [2.45, 2.75) is 36.1 Å². The zero-order valence-electron chi connectivity index (χ0n) is 9.27. The zero-order valence-corrected chi connectivity index (χ0v) is 10.1. The SMILES string of the molecule is CSc1ncccc1C1(C(=O)O)CCCC1. The second-order valence-electron chi connectivity index (χ2n) is 4.15. The van der Waals surface area contributed by atoms with Gasteiger partial charge in [0.2, 0.25) is 0 Å². The average molecular weight is 237 g/mol. The minimum absolute atomic E-state index is 0.688. The molecule has 16 heavy (non-hydrogen) atoms. The summed E-state index contributed by atoms with van der Waals surface area (Å²) in [5, 5.41) is 10.4. The molecule has 1 N–H and O–H groups in total. The van der Waals surface area contributed by atoms with E-state index in [0.29, 0.717) is 0 Å². The molecule has 2 rings (SSSR count). The monoisotopic (exact) mass is 237 g/mol. The number of hydrogen-bond acceptors (Lipinski definition) is 3. The summed E-state index contributed by atoms with van der Waals surface area (Å²) in [4.78, 5) is 15.8. The fourth-order valence-corrected chi connectivity index (χ4v) is 3.14. The van der Waals surface area contributed by atoms with E-state index in [2.05, 4.69) is 4.98 Å². The molecule has 0 aromatic carbocycles. The Hall–Kier alpha value is -1.03. The molecule has 1 heterocycles. The number of carboxylic acid groups (broad SMARTS) is 1. The lowest BCUT2D eigenvalue weighted by atomic mass is 9.80. The van der Waals surface area contributed by atoms with Gasteiger partial charge in [-0.15, -0.1) is 11.8 Å². The number of pyridine rings is 1. The fraction of sp³-hybridized carbons (Fsp3) is 0.500. The predicted molar refractivity (Wildman–Crippen MR) is 63.8 cm³/mol. The van der Waals surface area contributed by atoms with Crippen LogP contribution in [0.2, 0.25) is 0 Å². The average Bonchev–Trinajstić information content (AvgIpc) is 2.79. The Bertz CT molecular complexity index is 400. The van der Waals surface area contributed by atoms with Crippen LogP contribution in [-0.2, 0) is 10.2 Å². The zero-order chi connectivity index (χ0) is 11.6. The molecule has 0 unspecified atom stereocenters. The van der Waals surface area contributed by atoms with Gasteiger partial charge in [-0.2, -0.15) is 0 Å². The maximum atomic E-state index is 11.6. The van der Waals surface area contributed by atoms with Gasteiger partial charge in [-0.25, -0.2) is 4.98 Å². The molecule has 1 aliphatic carbocycles. The molecule has 1 aromatic heterocycles. The van der Waals surface area contributed by atoms with Crippen molar-refractivity contribution in [1.82, 2.24) is 4.98 Å². The second kappa shape index (κ2) is 4.45. The summed E-state index contributed by atoms with van der Waals surface area (Å²) < 4.78 is 0. The van der Waals surface area contributed by atoms with Crippen LogP contribution >= 0.6 is 11.8 Å². The van der Waals surface area contributed by atoms with E-state index < -0.39 is 11.4 Å². The number of nitrogens with zero attached hydrogens (tertiary/aromatic N) is 1. The van der Waals surface area contributed by atoms with E-state index in [1.54, 1.807) is 6.20 Å². The summed E-state index contributed by atoms with van der Waals surface area (Å²) in [6.07, 6.45) is 7.13. The van der Waals surface area contributed by atoms with E-state index in [1.165, 1.54) is 11.8 Å². The van der Waals surface area contributed by atoms with Crippen LogP contribution in [0.25, 0.3) is 0 Å². The molecule has 0 atom stereocenters. The molecule has 86 valence electrons. The van der Waals surface area contributed by atoms with Crippen molar-refractivity contribution in [3.8, 4) is 0 Å². The molecule has 1 saturated carbocycles. The van der Waals surface area contributed by atoms with Gasteiger partial charge in [0, 0.05) is 11.8 Å². The Morgan fingerprint density at radius 3 is 2.75 bits per heavy atom. The fourth-order valence-electron chi connectivity index (χ4n) is 2.49. The lowest BCUT2D eigenvalue weighted by Gasteiger charge is -2.25. The molecule has 3 nitrogen and oxygen atoms in total. The molecule has 1 aromatic rings. The largest absolute Gasteiger partial charge is 0.481 e. The summed E-state index contributed by atoms with van der Waals surface area (Å²) in [6.45, 7) is 0. The summed E-state index contributed by atoms with van der Waals surface area (Å²) >= 11 is 1.52. The first-order chi connectivity index (χ1) is 7.70. The number of hydrogen-bond donors (Lipinski definition) is 1. The molecule has 0 aliphatic heterocycles. The smallest absolute Gasteiger partial charge is 0.314 e. The van der Waals surface area contributed by atoms with E-state index in [0.717, 1.165) is 36.3 Å². The highest BCUT2D eigenvalue weighted by atomic mass is 32.2. The van der Waals surface area contributed by atoms with Crippen LogP contribution in [0.3, 0.4) is 0 Å². The molecule has 0 saturated heterocycles. The van der Waals surface area contributed by atoms with Crippen LogP contribution in [0.5, 0.6) is 0 Å². The summed E-state index contributed by atoms with van der Waals surface area (Å²) in [7, 11) is 0. The van der Waals surface area contributed by atoms with Crippen LogP contribution in [0, 0.1) is 0 Å². The Morgan fingerprint density at radius 2 is 2.19 bits per heavy atom. The van der Waals surface area contributed by atoms with Crippen molar-refractivity contribution in [2.24, 2.45) is 0 Å². The van der Waals surface area contributed by atoms with E-state index in [1.807, 2.05) is 18.4 Å². The van der Waals surface area contributed by atoms with Crippen molar-refractivity contribution in [3.05, 3.63) is 23.9 Å². The molecule has 0 bridgehead atoms. The van der Waals surface area contributed by atoms with E-state index in [4.69, 9.17) is 0 Å². The Labute approximate surface area is 99.3 Å². The molecular formula is C12H15NO2S. The van der Waals surface area contributed by atoms with E-state index in [-0.39, 0.29) is 0 Å². The van der Waals surface area contributed by atoms with Gasteiger partial charge in [0.1, 0.15) is 5.03 Å². The number of carboxylic acids is 1. The highest BCUT2D eigenvalue weighted by Gasteiger charge is 2.44. The number of carbonyl (C=O) groups is 1. The third-order valence-electron chi connectivity index (χ3n) is 3.35. The van der Waals surface area contributed by atoms with Crippen LogP contribution in [0.15, 0.2) is 23.4 Å². The lowest BCUT2D eigenvalue weighted by Crippen LogP contribution is -2.33. The maximum absolute atomic E-state index is 11.6. The lowest BCUT2D eigenvalue weighted by molar-refractivity contribution is -0.143. The summed E-state index contributed by atoms with van der Waals surface area (Å²) in [6, 6.07) is 3.75. The summed E-state index contributed by atoms with van der Waals surface area (Å²) in [5.41, 5.74) is 0.208. The van der Waals surface area contributed by atoms with Crippen LogP contribution < -0.4 is 0 Å². The number of thioether (sulfide) groups is 1. The van der Waals surface area contributed by atoms with Crippen LogP contribution in [0.4, 0.5) is 0 Å². The third-order valence-corrected chi connectivity index (χ3v) is 4.06. The van der Waals surface area contributed by atoms with E-state index in [9.17, 15) is 9.90 Å². The molecule has 0 radical (unpaired) electrons. The van der Waals surface area contributed by atoms with Crippen LogP contribution in [0.1, 0.15) is 31.2 Å². The molecule has 1 fully saturated rings. The first-order valence-electron chi connectivity index (χ1n) is 5.43. The number of aromatic nitrogens is 1. The molecule has 0 spiro atoms. The molecule has 1 aliphatic rings. The maximum Gasteiger partial charge on any atom is 0.314 e. The highest BCUT2D eigenvalue weighted by molar-refractivity contribution is 7.98. The van der Waals surface area contributed by atoms with Gasteiger partial charge in [0.15, 0.2) is 0 Å². The quantitative estimate of drug-likeness (QED) is 0.821. The van der Waals surface area contributed by atoms with Crippen molar-refractivity contribution in [1.29, 1.82) is 0 Å². The van der Waals surface area contributed by atoms with Gasteiger partial charge in [0.25, 0.3) is 0 Å². The molecular weight excluding hydrogens is 222 g/mol. The van der Waals surface area contributed by atoms with Crippen LogP contribution in [-0.4, -0.2) is 22.3 Å². The van der Waals surface area contributed by atoms with Gasteiger partial charge < -0.3 is 5.11 Å². The third kappa shape index (κ3) is 1.71. The van der Waals surface area contributed by atoms with Crippen molar-refractivity contribution in [3.63, 3.8) is 0 Å². The first-order valence-corrected chi connectivity index (χ1v) is 6.66. The van der Waals surface area contributed by atoms with Gasteiger partial charge in [0.05, 0.1) is 5.41 Å². The highest BCUT2D eigenvalue weighted by Crippen LogP contribution is 2.43. The van der Waals surface area contributed by atoms with Gasteiger partial charge in [-0.3, -0.25) is 4.79 Å². The normalized spacial score (nSPS) is 18.6. The van der Waals surface area contributed by atoms with Crippen molar-refractivity contribution >= 4 is 17.7 Å². The minimum Gasteiger partial charge on any atom is -0.481 e. The topological polar surface area (TPSA) is 50.2 Å². The Kier molecular flexibility index (Phi) is 3.19. The standard InChI is InChI=1S/C12H15NO2S/c1-16-10-9(5-4-8-13-10)12(11(14)15)6-2-3-7-12/h4-5,8H,2-3,6-7H2,1H3,(H,14,15).